The second-order valence-electron chi connectivity index (χ2n) is 6.78. The average molecular weight is 287 g/mol. The van der Waals surface area contributed by atoms with Gasteiger partial charge in [0, 0.05) is 30.9 Å². The molecular formula is C17H25N3O. The number of hydrogen-bond donors (Lipinski definition) is 1. The quantitative estimate of drug-likeness (QED) is 0.845. The molecule has 4 heteroatoms. The summed E-state index contributed by atoms with van der Waals surface area (Å²) >= 11 is 0. The Morgan fingerprint density at radius 3 is 2.14 bits per heavy atom. The van der Waals surface area contributed by atoms with Crippen molar-refractivity contribution < 1.29 is 4.79 Å². The Labute approximate surface area is 126 Å². The van der Waals surface area contributed by atoms with Crippen LogP contribution in [0.3, 0.4) is 0 Å². The molecule has 1 saturated heterocycles. The number of anilines is 1. The molecule has 2 unspecified atom stereocenters. The number of rotatable bonds is 2. The molecule has 2 atom stereocenters. The number of carbonyl (C=O) groups excluding carboxylic acids is 1. The third-order valence-electron chi connectivity index (χ3n) is 5.27. The first-order valence-corrected chi connectivity index (χ1v) is 7.81. The largest absolute Gasteiger partial charge is 0.399 e. The Hall–Kier alpha value is -1.55. The third kappa shape index (κ3) is 2.42. The van der Waals surface area contributed by atoms with E-state index in [-0.39, 0.29) is 5.41 Å². The molecule has 1 amide bonds. The number of amides is 1. The Bertz CT molecular complexity index is 523. The Kier molecular flexibility index (Phi) is 3.44. The van der Waals surface area contributed by atoms with Gasteiger partial charge in [-0.05, 0) is 51.4 Å². The summed E-state index contributed by atoms with van der Waals surface area (Å²) in [5, 5.41) is 0. The molecule has 1 saturated carbocycles. The van der Waals surface area contributed by atoms with E-state index in [4.69, 9.17) is 5.73 Å². The van der Waals surface area contributed by atoms with Crippen LogP contribution in [0.1, 0.15) is 32.3 Å². The SMILES string of the molecule is CC1CN(C(=O)C2(c3ccc(N)cc3)CC2)CC(C)N1C. The van der Waals surface area contributed by atoms with Gasteiger partial charge in [-0.25, -0.2) is 0 Å². The Balaban J connectivity index is 1.80. The predicted octanol–water partition coefficient (Wildman–Crippen LogP) is 1.85. The molecule has 2 aliphatic rings. The van der Waals surface area contributed by atoms with Crippen LogP contribution in [0.2, 0.25) is 0 Å². The number of nitrogens with two attached hydrogens (primary N) is 1. The van der Waals surface area contributed by atoms with Crippen molar-refractivity contribution in [2.24, 2.45) is 0 Å². The number of benzene rings is 1. The molecule has 2 fully saturated rings. The van der Waals surface area contributed by atoms with Crippen LogP contribution in [0.5, 0.6) is 0 Å². The Morgan fingerprint density at radius 2 is 1.67 bits per heavy atom. The zero-order valence-electron chi connectivity index (χ0n) is 13.2. The molecule has 0 aromatic heterocycles. The monoisotopic (exact) mass is 287 g/mol. The predicted molar refractivity (Wildman–Crippen MR) is 85.0 cm³/mol. The highest BCUT2D eigenvalue weighted by molar-refractivity contribution is 5.91. The standard InChI is InChI=1S/C17H25N3O/c1-12-10-20(11-13(2)19(12)3)16(21)17(8-9-17)14-4-6-15(18)7-5-14/h4-7,12-13H,8-11,18H2,1-3H3. The first-order chi connectivity index (χ1) is 9.94. The van der Waals surface area contributed by atoms with E-state index < -0.39 is 0 Å². The van der Waals surface area contributed by atoms with E-state index >= 15 is 0 Å². The van der Waals surface area contributed by atoms with Crippen molar-refractivity contribution in [1.29, 1.82) is 0 Å². The highest BCUT2D eigenvalue weighted by Crippen LogP contribution is 2.50. The minimum absolute atomic E-state index is 0.275. The molecule has 0 spiro atoms. The lowest BCUT2D eigenvalue weighted by Gasteiger charge is -2.43. The summed E-state index contributed by atoms with van der Waals surface area (Å²) < 4.78 is 0. The second-order valence-corrected chi connectivity index (χ2v) is 6.78. The lowest BCUT2D eigenvalue weighted by molar-refractivity contribution is -0.138. The maximum Gasteiger partial charge on any atom is 0.233 e. The van der Waals surface area contributed by atoms with Crippen LogP contribution in [0.25, 0.3) is 0 Å². The second kappa shape index (κ2) is 5.02. The summed E-state index contributed by atoms with van der Waals surface area (Å²) in [5.74, 6) is 0.305. The van der Waals surface area contributed by atoms with Gasteiger partial charge in [0.1, 0.15) is 0 Å². The minimum Gasteiger partial charge on any atom is -0.399 e. The third-order valence-corrected chi connectivity index (χ3v) is 5.27. The van der Waals surface area contributed by atoms with Gasteiger partial charge >= 0.3 is 0 Å². The summed E-state index contributed by atoms with van der Waals surface area (Å²) in [6, 6.07) is 8.67. The van der Waals surface area contributed by atoms with E-state index in [1.165, 1.54) is 0 Å². The van der Waals surface area contributed by atoms with Crippen LogP contribution < -0.4 is 5.73 Å². The molecule has 1 aromatic carbocycles. The number of nitrogens with zero attached hydrogens (tertiary/aromatic N) is 2. The maximum absolute atomic E-state index is 13.0. The van der Waals surface area contributed by atoms with Crippen molar-refractivity contribution >= 4 is 11.6 Å². The van der Waals surface area contributed by atoms with Crippen molar-refractivity contribution in [2.75, 3.05) is 25.9 Å². The first-order valence-electron chi connectivity index (χ1n) is 7.81. The van der Waals surface area contributed by atoms with Crippen LogP contribution >= 0.6 is 0 Å². The number of piperazine rings is 1. The fraction of sp³-hybridized carbons (Fsp3) is 0.588. The molecule has 1 aromatic rings. The molecule has 1 aliphatic heterocycles. The molecule has 21 heavy (non-hydrogen) atoms. The van der Waals surface area contributed by atoms with Gasteiger partial charge in [-0.15, -0.1) is 0 Å². The molecule has 1 heterocycles. The molecule has 3 rings (SSSR count). The van der Waals surface area contributed by atoms with E-state index in [2.05, 4.69) is 30.7 Å². The van der Waals surface area contributed by atoms with E-state index in [0.29, 0.717) is 18.0 Å². The minimum atomic E-state index is -0.275. The summed E-state index contributed by atoms with van der Waals surface area (Å²) in [4.78, 5) is 17.5. The summed E-state index contributed by atoms with van der Waals surface area (Å²) in [6.45, 7) is 6.05. The van der Waals surface area contributed by atoms with Gasteiger partial charge in [-0.2, -0.15) is 0 Å². The lowest BCUT2D eigenvalue weighted by atomic mass is 9.93. The number of nitrogen functional groups attached to an aromatic ring is 1. The van der Waals surface area contributed by atoms with Crippen molar-refractivity contribution in [2.45, 2.75) is 44.2 Å². The van der Waals surface area contributed by atoms with Crippen LogP contribution in [0, 0.1) is 0 Å². The molecule has 1 aliphatic carbocycles. The molecule has 4 nitrogen and oxygen atoms in total. The van der Waals surface area contributed by atoms with Gasteiger partial charge in [0.25, 0.3) is 0 Å². The van der Waals surface area contributed by atoms with Crippen molar-refractivity contribution in [3.63, 3.8) is 0 Å². The van der Waals surface area contributed by atoms with Crippen LogP contribution in [0.15, 0.2) is 24.3 Å². The van der Waals surface area contributed by atoms with Gasteiger partial charge in [-0.3, -0.25) is 9.69 Å². The van der Waals surface area contributed by atoms with E-state index in [9.17, 15) is 4.79 Å². The van der Waals surface area contributed by atoms with Gasteiger partial charge < -0.3 is 10.6 Å². The maximum atomic E-state index is 13.0. The fourth-order valence-corrected chi connectivity index (χ4v) is 3.43. The highest BCUT2D eigenvalue weighted by Gasteiger charge is 2.53. The normalized spacial score (nSPS) is 28.4. The van der Waals surface area contributed by atoms with Gasteiger partial charge in [0.2, 0.25) is 5.91 Å². The average Bonchev–Trinajstić information content (AvgIpc) is 3.26. The number of likely N-dealkylation sites (N-methyl/N-ethyl adjacent to an activating group) is 1. The van der Waals surface area contributed by atoms with E-state index in [1.54, 1.807) is 0 Å². The first kappa shape index (κ1) is 14.4. The number of hydrogen-bond acceptors (Lipinski definition) is 3. The van der Waals surface area contributed by atoms with E-state index in [1.807, 2.05) is 24.3 Å². The molecule has 114 valence electrons. The van der Waals surface area contributed by atoms with Crippen LogP contribution in [0.4, 0.5) is 5.69 Å². The van der Waals surface area contributed by atoms with Gasteiger partial charge in [0.05, 0.1) is 5.41 Å². The summed E-state index contributed by atoms with van der Waals surface area (Å²) in [7, 11) is 2.14. The van der Waals surface area contributed by atoms with Crippen molar-refractivity contribution in [1.82, 2.24) is 9.80 Å². The van der Waals surface area contributed by atoms with Crippen molar-refractivity contribution in [3.05, 3.63) is 29.8 Å². The molecule has 0 bridgehead atoms. The molecule has 0 radical (unpaired) electrons. The summed E-state index contributed by atoms with van der Waals surface area (Å²) in [5.41, 5.74) is 7.36. The Morgan fingerprint density at radius 1 is 1.14 bits per heavy atom. The lowest BCUT2D eigenvalue weighted by Crippen LogP contribution is -2.58. The van der Waals surface area contributed by atoms with Crippen molar-refractivity contribution in [3.8, 4) is 0 Å². The topological polar surface area (TPSA) is 49.6 Å². The van der Waals surface area contributed by atoms with Gasteiger partial charge in [0.15, 0.2) is 0 Å². The highest BCUT2D eigenvalue weighted by atomic mass is 16.2. The smallest absolute Gasteiger partial charge is 0.233 e. The van der Waals surface area contributed by atoms with Gasteiger partial charge in [-0.1, -0.05) is 12.1 Å². The molecular weight excluding hydrogens is 262 g/mol. The van der Waals surface area contributed by atoms with Crippen LogP contribution in [-0.2, 0) is 10.2 Å². The fourth-order valence-electron chi connectivity index (χ4n) is 3.43. The van der Waals surface area contributed by atoms with E-state index in [0.717, 1.165) is 37.2 Å². The van der Waals surface area contributed by atoms with Crippen LogP contribution in [-0.4, -0.2) is 47.9 Å². The zero-order chi connectivity index (χ0) is 15.2. The summed E-state index contributed by atoms with van der Waals surface area (Å²) in [6.07, 6.45) is 1.93. The molecule has 2 N–H and O–H groups in total. The number of carbonyl (C=O) groups is 1. The zero-order valence-corrected chi connectivity index (χ0v) is 13.2.